The van der Waals surface area contributed by atoms with E-state index in [4.69, 9.17) is 14.2 Å². The van der Waals surface area contributed by atoms with E-state index in [0.717, 1.165) is 19.8 Å². The van der Waals surface area contributed by atoms with Gasteiger partial charge in [-0.1, -0.05) is 39.3 Å². The molecule has 0 amide bonds. The quantitative estimate of drug-likeness (QED) is 0.568. The van der Waals surface area contributed by atoms with Crippen LogP contribution < -0.4 is 0 Å². The first-order valence-electron chi connectivity index (χ1n) is 12.2. The van der Waals surface area contributed by atoms with E-state index in [-0.39, 0.29) is 14.5 Å². The summed E-state index contributed by atoms with van der Waals surface area (Å²) in [7, 11) is -4.64. The molecule has 3 saturated heterocycles. The van der Waals surface area contributed by atoms with Gasteiger partial charge in [-0.25, -0.2) is 0 Å². The average molecular weight is 459 g/mol. The molecule has 3 fully saturated rings. The van der Waals surface area contributed by atoms with Crippen LogP contribution in [-0.2, 0) is 14.2 Å². The van der Waals surface area contributed by atoms with Gasteiger partial charge in [-0.15, -0.1) is 0 Å². The van der Waals surface area contributed by atoms with Gasteiger partial charge in [-0.3, -0.25) is 0 Å². The Bertz CT molecular complexity index is 423. The fraction of sp³-hybridized carbons (Fsp3) is 1.00. The molecule has 3 unspecified atom stereocenters. The van der Waals surface area contributed by atoms with Crippen molar-refractivity contribution in [3.05, 3.63) is 0 Å². The molecule has 3 heterocycles. The molecule has 3 nitrogen and oxygen atoms in total. The number of hydrogen-bond donors (Lipinski definition) is 0. The molecule has 3 aliphatic rings. The van der Waals surface area contributed by atoms with Crippen molar-refractivity contribution < 1.29 is 14.2 Å². The molecule has 3 atom stereocenters. The number of rotatable bonds is 6. The maximum atomic E-state index is 7.05. The minimum absolute atomic E-state index is 0.196. The van der Waals surface area contributed by atoms with Gasteiger partial charge in [0.05, 0.1) is 26.4 Å². The van der Waals surface area contributed by atoms with E-state index in [2.05, 4.69) is 39.3 Å². The van der Waals surface area contributed by atoms with Gasteiger partial charge in [0.1, 0.15) is 8.80 Å². The van der Waals surface area contributed by atoms with E-state index in [1.807, 2.05) is 0 Å². The highest BCUT2D eigenvalue weighted by Crippen LogP contribution is 2.49. The van der Waals surface area contributed by atoms with Crippen LogP contribution in [-0.4, -0.2) is 69.6 Å². The van der Waals surface area contributed by atoms with Crippen molar-refractivity contribution in [2.24, 2.45) is 0 Å². The second-order valence-electron chi connectivity index (χ2n) is 10.7. The van der Waals surface area contributed by atoms with Gasteiger partial charge in [0, 0.05) is 34.4 Å². The van der Waals surface area contributed by atoms with E-state index in [1.54, 1.807) is 0 Å². The molecule has 164 valence electrons. The minimum Gasteiger partial charge on any atom is -0.382 e. The summed E-state index contributed by atoms with van der Waals surface area (Å²) in [6, 6.07) is 0. The highest BCUT2D eigenvalue weighted by atomic mass is 28.4. The zero-order chi connectivity index (χ0) is 20.4. The fourth-order valence-corrected chi connectivity index (χ4v) is 30.1. The van der Waals surface area contributed by atoms with Gasteiger partial charge in [-0.05, 0) is 57.8 Å². The Kier molecular flexibility index (Phi) is 7.93. The topological polar surface area (TPSA) is 27.7 Å². The van der Waals surface area contributed by atoms with Crippen LogP contribution in [0.25, 0.3) is 0 Å². The Morgan fingerprint density at radius 3 is 0.929 bits per heavy atom. The highest BCUT2D eigenvalue weighted by molar-refractivity contribution is 6.97. The molecule has 0 radical (unpaired) electrons. The Morgan fingerprint density at radius 2 is 0.750 bits per heavy atom. The third kappa shape index (κ3) is 3.98. The van der Waals surface area contributed by atoms with E-state index in [9.17, 15) is 0 Å². The predicted molar refractivity (Wildman–Crippen MR) is 131 cm³/mol. The average Bonchev–Trinajstić information content (AvgIpc) is 2.70. The molecule has 3 rings (SSSR count). The lowest BCUT2D eigenvalue weighted by molar-refractivity contribution is -0.0355. The van der Waals surface area contributed by atoms with Gasteiger partial charge in [-0.2, -0.15) is 0 Å². The summed E-state index contributed by atoms with van der Waals surface area (Å²) in [6.07, 6.45) is 11.8. The molecule has 0 aromatic rings. The van der Waals surface area contributed by atoms with Crippen LogP contribution >= 0.6 is 0 Å². The summed E-state index contributed by atoms with van der Waals surface area (Å²) in [5.74, 6) is 0. The molecule has 3 aliphatic heterocycles. The third-order valence-electron chi connectivity index (χ3n) is 8.40. The summed E-state index contributed by atoms with van der Waals surface area (Å²) >= 11 is 0. The van der Waals surface area contributed by atoms with Crippen LogP contribution in [0.15, 0.2) is 0 Å². The second kappa shape index (κ2) is 9.49. The first-order valence-corrected chi connectivity index (χ1v) is 22.6. The van der Waals surface area contributed by atoms with Crippen molar-refractivity contribution >= 4 is 35.2 Å². The maximum Gasteiger partial charge on any atom is 0.136 e. The summed E-state index contributed by atoms with van der Waals surface area (Å²) < 4.78 is 21.2. The first-order chi connectivity index (χ1) is 13.3. The monoisotopic (exact) mass is 458 g/mol. The molecule has 7 heteroatoms. The molecule has 28 heavy (non-hydrogen) atoms. The molecule has 0 aromatic heterocycles. The Morgan fingerprint density at radius 1 is 0.464 bits per heavy atom. The van der Waals surface area contributed by atoms with Gasteiger partial charge in [0.2, 0.25) is 0 Å². The highest BCUT2D eigenvalue weighted by Gasteiger charge is 2.66. The van der Waals surface area contributed by atoms with Gasteiger partial charge in [0.25, 0.3) is 0 Å². The van der Waals surface area contributed by atoms with E-state index < -0.39 is 35.2 Å². The Labute approximate surface area is 180 Å². The number of hydrogen-bond acceptors (Lipinski definition) is 3. The SMILES string of the molecule is C[SiH](C)C1([SiH](C2([SiH](C)C)CCCCO2)C2([SiH](C)C)CCCCO2)CCCCO1. The number of ether oxygens (including phenoxy) is 3. The zero-order valence-electron chi connectivity index (χ0n) is 19.5. The van der Waals surface area contributed by atoms with Crippen LogP contribution in [0.1, 0.15) is 57.8 Å². The molecule has 0 spiro atoms. The van der Waals surface area contributed by atoms with Crippen molar-refractivity contribution in [1.29, 1.82) is 0 Å². The first kappa shape index (κ1) is 23.4. The van der Waals surface area contributed by atoms with Gasteiger partial charge < -0.3 is 14.2 Å². The van der Waals surface area contributed by atoms with Gasteiger partial charge in [0.15, 0.2) is 0 Å². The maximum absolute atomic E-state index is 7.05. The second-order valence-corrected chi connectivity index (χ2v) is 26.3. The van der Waals surface area contributed by atoms with Crippen molar-refractivity contribution in [2.75, 3.05) is 19.8 Å². The predicted octanol–water partition coefficient (Wildman–Crippen LogP) is 3.73. The molecule has 0 bridgehead atoms. The van der Waals surface area contributed by atoms with Crippen LogP contribution in [0.2, 0.25) is 39.3 Å². The molecular formula is C21H46O3Si4. The molecular weight excluding hydrogens is 413 g/mol. The largest absolute Gasteiger partial charge is 0.382 e. The van der Waals surface area contributed by atoms with Crippen LogP contribution in [0.5, 0.6) is 0 Å². The molecule has 0 saturated carbocycles. The van der Waals surface area contributed by atoms with Gasteiger partial charge >= 0.3 is 0 Å². The Hall–Kier alpha value is 0.748. The van der Waals surface area contributed by atoms with E-state index >= 15 is 0 Å². The Balaban J connectivity index is 2.20. The lowest BCUT2D eigenvalue weighted by Crippen LogP contribution is -2.83. The van der Waals surface area contributed by atoms with E-state index in [1.165, 1.54) is 57.8 Å². The fourth-order valence-electron chi connectivity index (χ4n) is 6.80. The van der Waals surface area contributed by atoms with Crippen molar-refractivity contribution in [3.8, 4) is 0 Å². The smallest absolute Gasteiger partial charge is 0.136 e. The van der Waals surface area contributed by atoms with Crippen molar-refractivity contribution in [3.63, 3.8) is 0 Å². The summed E-state index contributed by atoms with van der Waals surface area (Å²) in [5.41, 5.74) is 0. The summed E-state index contributed by atoms with van der Waals surface area (Å²) in [6.45, 7) is 18.5. The van der Waals surface area contributed by atoms with Crippen molar-refractivity contribution in [1.82, 2.24) is 0 Å². The van der Waals surface area contributed by atoms with Crippen LogP contribution in [0, 0.1) is 0 Å². The molecule has 0 aromatic carbocycles. The van der Waals surface area contributed by atoms with Crippen LogP contribution in [0.3, 0.4) is 0 Å². The molecule has 0 aliphatic carbocycles. The van der Waals surface area contributed by atoms with Crippen LogP contribution in [0.4, 0.5) is 0 Å². The van der Waals surface area contributed by atoms with Crippen molar-refractivity contribution in [2.45, 2.75) is 112 Å². The summed E-state index contributed by atoms with van der Waals surface area (Å²) in [5, 5.41) is 0. The minimum atomic E-state index is -1.54. The zero-order valence-corrected chi connectivity index (χ0v) is 24.1. The molecule has 0 N–H and O–H groups in total. The lowest BCUT2D eigenvalue weighted by Gasteiger charge is -2.63. The third-order valence-corrected chi connectivity index (χ3v) is 28.9. The summed E-state index contributed by atoms with van der Waals surface area (Å²) in [4.78, 5) is 0.588. The standard InChI is InChI=1S/C21H46O3Si4/c1-25(2)19(13-7-10-16-22-19)28(20(26(3)4)14-8-11-17-23-20)21(27(5)6)15-9-12-18-24-21/h25-28H,7-18H2,1-6H3. The van der Waals surface area contributed by atoms with E-state index in [0.29, 0.717) is 0 Å². The normalized spacial score (nSPS) is 38.9. The lowest BCUT2D eigenvalue weighted by atomic mass is 10.2.